The molecule has 0 aliphatic rings. The predicted octanol–water partition coefficient (Wildman–Crippen LogP) is 3.38. The molecule has 0 aliphatic heterocycles. The van der Waals surface area contributed by atoms with Crippen molar-refractivity contribution in [1.82, 2.24) is 9.55 Å². The summed E-state index contributed by atoms with van der Waals surface area (Å²) in [5, 5.41) is 11.9. The first kappa shape index (κ1) is 17.1. The molecule has 0 atom stereocenters. The maximum absolute atomic E-state index is 12.1. The number of aromatic nitrogens is 2. The van der Waals surface area contributed by atoms with E-state index < -0.39 is 0 Å². The second-order valence-corrected chi connectivity index (χ2v) is 7.11. The minimum absolute atomic E-state index is 0.0842. The van der Waals surface area contributed by atoms with Crippen LogP contribution >= 0.6 is 11.8 Å². The van der Waals surface area contributed by atoms with Crippen LogP contribution in [-0.4, -0.2) is 21.2 Å². The standard InChI is InChI=1S/C17H20N4OS/c1-17(2,3)21-10-13(9-18)8-15(21)20-16(22)12-23-11-14-6-4-5-7-19-14/h4-8,10H,11-12H2,1-3H3,(H,20,22). The third-order valence-corrected chi connectivity index (χ3v) is 4.11. The largest absolute Gasteiger partial charge is 0.328 e. The van der Waals surface area contributed by atoms with Crippen molar-refractivity contribution in [3.8, 4) is 6.07 Å². The molecule has 0 unspecified atom stereocenters. The molecule has 1 N–H and O–H groups in total. The van der Waals surface area contributed by atoms with E-state index in [1.54, 1.807) is 18.5 Å². The lowest BCUT2D eigenvalue weighted by Gasteiger charge is -2.24. The van der Waals surface area contributed by atoms with Crippen molar-refractivity contribution in [3.05, 3.63) is 47.9 Å². The van der Waals surface area contributed by atoms with Gasteiger partial charge in [-0.2, -0.15) is 5.26 Å². The number of thioether (sulfide) groups is 1. The van der Waals surface area contributed by atoms with Crippen LogP contribution in [0.25, 0.3) is 0 Å². The van der Waals surface area contributed by atoms with E-state index in [0.717, 1.165) is 5.69 Å². The Morgan fingerprint density at radius 3 is 2.83 bits per heavy atom. The van der Waals surface area contributed by atoms with Crippen LogP contribution in [0.2, 0.25) is 0 Å². The molecule has 0 bridgehead atoms. The zero-order valence-electron chi connectivity index (χ0n) is 13.5. The van der Waals surface area contributed by atoms with E-state index in [1.807, 2.05) is 43.5 Å². The lowest BCUT2D eigenvalue weighted by atomic mass is 10.1. The number of carbonyl (C=O) groups excluding carboxylic acids is 1. The zero-order chi connectivity index (χ0) is 16.9. The number of pyridine rings is 1. The molecule has 2 heterocycles. The number of nitrogens with zero attached hydrogens (tertiary/aromatic N) is 3. The molecule has 23 heavy (non-hydrogen) atoms. The van der Waals surface area contributed by atoms with E-state index in [0.29, 0.717) is 22.9 Å². The number of nitriles is 1. The van der Waals surface area contributed by atoms with Crippen LogP contribution in [0.5, 0.6) is 0 Å². The van der Waals surface area contributed by atoms with Crippen molar-refractivity contribution >= 4 is 23.5 Å². The van der Waals surface area contributed by atoms with Gasteiger partial charge < -0.3 is 9.88 Å². The SMILES string of the molecule is CC(C)(C)n1cc(C#N)cc1NC(=O)CSCc1ccccn1. The van der Waals surface area contributed by atoms with Crippen LogP contribution in [0.1, 0.15) is 32.0 Å². The minimum atomic E-state index is -0.210. The van der Waals surface area contributed by atoms with E-state index in [1.165, 1.54) is 11.8 Å². The second-order valence-electron chi connectivity index (χ2n) is 6.13. The van der Waals surface area contributed by atoms with E-state index in [-0.39, 0.29) is 11.4 Å². The Labute approximate surface area is 140 Å². The minimum Gasteiger partial charge on any atom is -0.328 e. The van der Waals surface area contributed by atoms with Crippen LogP contribution in [0.3, 0.4) is 0 Å². The number of anilines is 1. The maximum atomic E-state index is 12.1. The monoisotopic (exact) mass is 328 g/mol. The summed E-state index contributed by atoms with van der Waals surface area (Å²) >= 11 is 1.51. The van der Waals surface area contributed by atoms with Gasteiger partial charge in [0.05, 0.1) is 17.0 Å². The van der Waals surface area contributed by atoms with Crippen LogP contribution in [0.4, 0.5) is 5.82 Å². The van der Waals surface area contributed by atoms with Crippen LogP contribution in [0.15, 0.2) is 36.7 Å². The molecule has 0 spiro atoms. The van der Waals surface area contributed by atoms with Gasteiger partial charge in [0.2, 0.25) is 5.91 Å². The molecule has 0 saturated carbocycles. The van der Waals surface area contributed by atoms with E-state index in [4.69, 9.17) is 5.26 Å². The van der Waals surface area contributed by atoms with Gasteiger partial charge in [0, 0.05) is 23.7 Å². The van der Waals surface area contributed by atoms with Gasteiger partial charge >= 0.3 is 0 Å². The van der Waals surface area contributed by atoms with Gasteiger partial charge in [-0.25, -0.2) is 0 Å². The number of nitrogens with one attached hydrogen (secondary N) is 1. The highest BCUT2D eigenvalue weighted by atomic mass is 32.2. The van der Waals surface area contributed by atoms with E-state index in [2.05, 4.69) is 16.4 Å². The van der Waals surface area contributed by atoms with Gasteiger partial charge in [-0.1, -0.05) is 6.07 Å². The molecule has 5 nitrogen and oxygen atoms in total. The summed E-state index contributed by atoms with van der Waals surface area (Å²) in [6, 6.07) is 9.55. The van der Waals surface area contributed by atoms with Crippen molar-refractivity contribution in [2.24, 2.45) is 0 Å². The van der Waals surface area contributed by atoms with Crippen molar-refractivity contribution in [2.75, 3.05) is 11.1 Å². The molecule has 0 fully saturated rings. The summed E-state index contributed by atoms with van der Waals surface area (Å²) in [6.07, 6.45) is 3.51. The van der Waals surface area contributed by atoms with Gasteiger partial charge in [0.1, 0.15) is 11.9 Å². The lowest BCUT2D eigenvalue weighted by Crippen LogP contribution is -2.25. The fourth-order valence-electron chi connectivity index (χ4n) is 2.09. The number of hydrogen-bond donors (Lipinski definition) is 1. The molecule has 0 aliphatic carbocycles. The Kier molecular flexibility index (Phi) is 5.45. The summed E-state index contributed by atoms with van der Waals surface area (Å²) in [4.78, 5) is 16.4. The van der Waals surface area contributed by atoms with Crippen molar-refractivity contribution in [2.45, 2.75) is 32.1 Å². The van der Waals surface area contributed by atoms with Gasteiger partial charge in [0.15, 0.2) is 0 Å². The molecule has 2 aromatic heterocycles. The van der Waals surface area contributed by atoms with E-state index >= 15 is 0 Å². The first-order valence-electron chi connectivity index (χ1n) is 7.30. The fraction of sp³-hybridized carbons (Fsp3) is 0.353. The summed E-state index contributed by atoms with van der Waals surface area (Å²) in [6.45, 7) is 6.08. The summed E-state index contributed by atoms with van der Waals surface area (Å²) in [7, 11) is 0. The molecule has 0 aromatic carbocycles. The van der Waals surface area contributed by atoms with E-state index in [9.17, 15) is 4.79 Å². The van der Waals surface area contributed by atoms with Crippen molar-refractivity contribution in [1.29, 1.82) is 5.26 Å². The van der Waals surface area contributed by atoms with Crippen LogP contribution < -0.4 is 5.32 Å². The molecule has 0 saturated heterocycles. The molecule has 2 aromatic rings. The summed E-state index contributed by atoms with van der Waals surface area (Å²) in [5.74, 6) is 1.60. The van der Waals surface area contributed by atoms with Gasteiger partial charge in [0.25, 0.3) is 0 Å². The molecular formula is C17H20N4OS. The molecule has 0 radical (unpaired) electrons. The summed E-state index contributed by atoms with van der Waals surface area (Å²) < 4.78 is 1.91. The number of amides is 1. The Balaban J connectivity index is 1.95. The maximum Gasteiger partial charge on any atom is 0.235 e. The highest BCUT2D eigenvalue weighted by Gasteiger charge is 2.19. The smallest absolute Gasteiger partial charge is 0.235 e. The average molecular weight is 328 g/mol. The third kappa shape index (κ3) is 4.86. The Hall–Kier alpha value is -2.26. The van der Waals surface area contributed by atoms with Gasteiger partial charge in [-0.15, -0.1) is 11.8 Å². The summed E-state index contributed by atoms with van der Waals surface area (Å²) in [5.41, 5.74) is 1.28. The highest BCUT2D eigenvalue weighted by molar-refractivity contribution is 7.99. The fourth-order valence-corrected chi connectivity index (χ4v) is 2.83. The number of rotatable bonds is 5. The van der Waals surface area contributed by atoms with Crippen molar-refractivity contribution < 1.29 is 4.79 Å². The highest BCUT2D eigenvalue weighted by Crippen LogP contribution is 2.24. The Morgan fingerprint density at radius 2 is 2.22 bits per heavy atom. The molecule has 6 heteroatoms. The average Bonchev–Trinajstić information content (AvgIpc) is 2.91. The van der Waals surface area contributed by atoms with Gasteiger partial charge in [-0.3, -0.25) is 9.78 Å². The van der Waals surface area contributed by atoms with Crippen LogP contribution in [-0.2, 0) is 16.1 Å². The first-order valence-corrected chi connectivity index (χ1v) is 8.46. The Bertz CT molecular complexity index is 710. The molecule has 120 valence electrons. The first-order chi connectivity index (χ1) is 10.9. The quantitative estimate of drug-likeness (QED) is 0.913. The van der Waals surface area contributed by atoms with Crippen LogP contribution in [0, 0.1) is 11.3 Å². The molecule has 1 amide bonds. The van der Waals surface area contributed by atoms with Crippen molar-refractivity contribution in [3.63, 3.8) is 0 Å². The third-order valence-electron chi connectivity index (χ3n) is 3.15. The second kappa shape index (κ2) is 7.34. The predicted molar refractivity (Wildman–Crippen MR) is 93.2 cm³/mol. The zero-order valence-corrected chi connectivity index (χ0v) is 14.4. The lowest BCUT2D eigenvalue weighted by molar-refractivity contribution is -0.113. The normalized spacial score (nSPS) is 11.0. The number of hydrogen-bond acceptors (Lipinski definition) is 4. The molecular weight excluding hydrogens is 308 g/mol. The number of carbonyl (C=O) groups is 1. The molecule has 2 rings (SSSR count). The topological polar surface area (TPSA) is 70.7 Å². The Morgan fingerprint density at radius 1 is 1.43 bits per heavy atom. The van der Waals surface area contributed by atoms with Gasteiger partial charge in [-0.05, 0) is 39.0 Å².